The number of hydrogen-bond donors (Lipinski definition) is 1. The smallest absolute Gasteiger partial charge is 0.283 e. The summed E-state index contributed by atoms with van der Waals surface area (Å²) in [6.07, 6.45) is 0. The zero-order chi connectivity index (χ0) is 16.2. The van der Waals surface area contributed by atoms with Crippen LogP contribution in [0.3, 0.4) is 0 Å². The molecule has 0 aromatic heterocycles. The van der Waals surface area contributed by atoms with E-state index in [1.807, 2.05) is 0 Å². The number of aliphatic hydroxyl groups excluding tert-OH is 1. The van der Waals surface area contributed by atoms with Crippen molar-refractivity contribution >= 4 is 21.4 Å². The van der Waals surface area contributed by atoms with Gasteiger partial charge in [-0.05, 0) is 12.1 Å². The Morgan fingerprint density at radius 1 is 1.43 bits per heavy atom. The lowest BCUT2D eigenvalue weighted by Crippen LogP contribution is -2.30. The maximum absolute atomic E-state index is 12.1. The van der Waals surface area contributed by atoms with Gasteiger partial charge in [-0.25, -0.2) is 8.42 Å². The van der Waals surface area contributed by atoms with Crippen LogP contribution in [0.1, 0.15) is 17.3 Å². The lowest BCUT2D eigenvalue weighted by Gasteiger charge is -2.15. The lowest BCUT2D eigenvalue weighted by molar-refractivity contribution is -0.385. The number of nitro benzene ring substituents is 1. The first-order valence-corrected chi connectivity index (χ1v) is 7.77. The van der Waals surface area contributed by atoms with Crippen molar-refractivity contribution in [3.8, 4) is 0 Å². The molecule has 0 aliphatic rings. The second-order valence-electron chi connectivity index (χ2n) is 4.29. The Morgan fingerprint density at radius 2 is 2.05 bits per heavy atom. The summed E-state index contributed by atoms with van der Waals surface area (Å²) in [6.45, 7) is 1.17. The Hall–Kier alpha value is -2.00. The van der Waals surface area contributed by atoms with Crippen LogP contribution < -0.4 is 0 Å². The molecule has 8 nitrogen and oxygen atoms in total. The number of hydrogen-bond acceptors (Lipinski definition) is 6. The SMILES string of the molecule is CCS(=O)(=O)c1ccc(C(=O)N(C)CCO)c([N+](=O)[O-])c1. The van der Waals surface area contributed by atoms with Gasteiger partial charge in [-0.15, -0.1) is 0 Å². The molecule has 1 N–H and O–H groups in total. The quantitative estimate of drug-likeness (QED) is 0.601. The summed E-state index contributed by atoms with van der Waals surface area (Å²) < 4.78 is 23.5. The van der Waals surface area contributed by atoms with Gasteiger partial charge in [0.1, 0.15) is 5.56 Å². The van der Waals surface area contributed by atoms with Crippen LogP contribution in [0.15, 0.2) is 23.1 Å². The first-order chi connectivity index (χ1) is 9.74. The van der Waals surface area contributed by atoms with Crippen LogP contribution in [0, 0.1) is 10.1 Å². The van der Waals surface area contributed by atoms with Gasteiger partial charge >= 0.3 is 0 Å². The topological polar surface area (TPSA) is 118 Å². The average molecular weight is 316 g/mol. The highest BCUT2D eigenvalue weighted by molar-refractivity contribution is 7.91. The normalized spacial score (nSPS) is 11.2. The van der Waals surface area contributed by atoms with E-state index < -0.39 is 26.4 Å². The maximum atomic E-state index is 12.1. The van der Waals surface area contributed by atoms with Crippen molar-refractivity contribution in [1.29, 1.82) is 0 Å². The van der Waals surface area contributed by atoms with Crippen molar-refractivity contribution in [3.05, 3.63) is 33.9 Å². The Labute approximate surface area is 122 Å². The largest absolute Gasteiger partial charge is 0.395 e. The minimum Gasteiger partial charge on any atom is -0.395 e. The van der Waals surface area contributed by atoms with E-state index >= 15 is 0 Å². The fourth-order valence-corrected chi connectivity index (χ4v) is 2.56. The Bertz CT molecular complexity index is 656. The molecule has 0 aliphatic carbocycles. The second-order valence-corrected chi connectivity index (χ2v) is 6.57. The van der Waals surface area contributed by atoms with Crippen LogP contribution in [-0.2, 0) is 9.84 Å². The number of rotatable bonds is 6. The highest BCUT2D eigenvalue weighted by Gasteiger charge is 2.25. The van der Waals surface area contributed by atoms with Crippen molar-refractivity contribution in [3.63, 3.8) is 0 Å². The molecule has 1 aromatic rings. The van der Waals surface area contributed by atoms with Crippen molar-refractivity contribution in [1.82, 2.24) is 4.90 Å². The molecule has 0 unspecified atom stereocenters. The Kier molecular flexibility index (Phi) is 5.39. The first-order valence-electron chi connectivity index (χ1n) is 6.12. The van der Waals surface area contributed by atoms with Crippen molar-refractivity contribution in [2.45, 2.75) is 11.8 Å². The van der Waals surface area contributed by atoms with Gasteiger partial charge in [0.05, 0.1) is 22.2 Å². The van der Waals surface area contributed by atoms with E-state index in [-0.39, 0.29) is 29.4 Å². The average Bonchev–Trinajstić information content (AvgIpc) is 2.45. The predicted molar refractivity (Wildman–Crippen MR) is 74.9 cm³/mol. The number of benzene rings is 1. The van der Waals surface area contributed by atoms with Crippen molar-refractivity contribution in [2.75, 3.05) is 26.0 Å². The third-order valence-electron chi connectivity index (χ3n) is 2.92. The Balaban J connectivity index is 3.36. The van der Waals surface area contributed by atoms with E-state index in [4.69, 9.17) is 5.11 Å². The van der Waals surface area contributed by atoms with Crippen LogP contribution in [0.25, 0.3) is 0 Å². The van der Waals surface area contributed by atoms with Gasteiger partial charge < -0.3 is 10.0 Å². The molecule has 1 aromatic carbocycles. The Morgan fingerprint density at radius 3 is 2.52 bits per heavy atom. The fourth-order valence-electron chi connectivity index (χ4n) is 1.66. The highest BCUT2D eigenvalue weighted by atomic mass is 32.2. The monoisotopic (exact) mass is 316 g/mol. The van der Waals surface area contributed by atoms with E-state index in [1.54, 1.807) is 0 Å². The van der Waals surface area contributed by atoms with Gasteiger partial charge in [-0.1, -0.05) is 6.92 Å². The van der Waals surface area contributed by atoms with Gasteiger partial charge in [0.2, 0.25) is 0 Å². The molecule has 0 atom stereocenters. The molecule has 21 heavy (non-hydrogen) atoms. The van der Waals surface area contributed by atoms with Crippen LogP contribution >= 0.6 is 0 Å². The second kappa shape index (κ2) is 6.64. The molecule has 0 fully saturated rings. The number of sulfone groups is 1. The molecule has 0 saturated heterocycles. The van der Waals surface area contributed by atoms with E-state index in [0.717, 1.165) is 17.0 Å². The summed E-state index contributed by atoms with van der Waals surface area (Å²) in [4.78, 5) is 23.2. The number of carbonyl (C=O) groups is 1. The van der Waals surface area contributed by atoms with Crippen molar-refractivity contribution < 1.29 is 23.2 Å². The number of amides is 1. The van der Waals surface area contributed by atoms with Crippen LogP contribution in [0.4, 0.5) is 5.69 Å². The molecule has 0 bridgehead atoms. The summed E-state index contributed by atoms with van der Waals surface area (Å²) in [5, 5.41) is 19.9. The molecule has 0 spiro atoms. The highest BCUT2D eigenvalue weighted by Crippen LogP contribution is 2.24. The van der Waals surface area contributed by atoms with Gasteiger partial charge in [-0.2, -0.15) is 0 Å². The number of aliphatic hydroxyl groups is 1. The van der Waals surface area contributed by atoms with E-state index in [9.17, 15) is 23.3 Å². The van der Waals surface area contributed by atoms with Gasteiger partial charge in [-0.3, -0.25) is 14.9 Å². The predicted octanol–water partition coefficient (Wildman–Crippen LogP) is 0.453. The third kappa shape index (κ3) is 3.76. The minimum absolute atomic E-state index is 0.0188. The minimum atomic E-state index is -3.60. The molecule has 0 radical (unpaired) electrons. The van der Waals surface area contributed by atoms with Crippen molar-refractivity contribution in [2.24, 2.45) is 0 Å². The maximum Gasteiger partial charge on any atom is 0.283 e. The molecule has 0 heterocycles. The number of likely N-dealkylation sites (N-methyl/N-ethyl adjacent to an activating group) is 1. The summed E-state index contributed by atoms with van der Waals surface area (Å²) in [5.41, 5.74) is -0.787. The molecular weight excluding hydrogens is 300 g/mol. The van der Waals surface area contributed by atoms with Gasteiger partial charge in [0, 0.05) is 19.7 Å². The summed E-state index contributed by atoms with van der Waals surface area (Å²) in [6, 6.07) is 3.18. The van der Waals surface area contributed by atoms with E-state index in [0.29, 0.717) is 0 Å². The van der Waals surface area contributed by atoms with Crippen LogP contribution in [-0.4, -0.2) is 55.2 Å². The van der Waals surface area contributed by atoms with Crippen LogP contribution in [0.2, 0.25) is 0 Å². The third-order valence-corrected chi connectivity index (χ3v) is 4.65. The van der Waals surface area contributed by atoms with E-state index in [1.165, 1.54) is 20.0 Å². The molecule has 116 valence electrons. The van der Waals surface area contributed by atoms with Crippen LogP contribution in [0.5, 0.6) is 0 Å². The van der Waals surface area contributed by atoms with Gasteiger partial charge in [0.25, 0.3) is 11.6 Å². The molecule has 0 saturated carbocycles. The first kappa shape index (κ1) is 17.1. The summed E-state index contributed by atoms with van der Waals surface area (Å²) in [5.74, 6) is -0.849. The summed E-state index contributed by atoms with van der Waals surface area (Å²) >= 11 is 0. The molecule has 0 aliphatic heterocycles. The molecule has 1 amide bonds. The lowest BCUT2D eigenvalue weighted by atomic mass is 10.1. The zero-order valence-corrected chi connectivity index (χ0v) is 12.5. The van der Waals surface area contributed by atoms with E-state index in [2.05, 4.69) is 0 Å². The molecule has 9 heteroatoms. The number of nitrogens with zero attached hydrogens (tertiary/aromatic N) is 2. The number of carbonyl (C=O) groups excluding carboxylic acids is 1. The molecule has 1 rings (SSSR count). The van der Waals surface area contributed by atoms with Gasteiger partial charge in [0.15, 0.2) is 9.84 Å². The summed E-state index contributed by atoms with van der Waals surface area (Å²) in [7, 11) is -2.21. The number of nitro groups is 1. The standard InChI is InChI=1S/C12H16N2O6S/c1-3-21(19,20)9-4-5-10(11(8-9)14(17)18)12(16)13(2)6-7-15/h4-5,8,15H,3,6-7H2,1-2H3. The fraction of sp³-hybridized carbons (Fsp3) is 0.417. The zero-order valence-electron chi connectivity index (χ0n) is 11.6. The molecular formula is C12H16N2O6S.